The first kappa shape index (κ1) is 18.3. The third-order valence-corrected chi connectivity index (χ3v) is 4.54. The smallest absolute Gasteiger partial charge is 0.264 e. The zero-order chi connectivity index (χ0) is 19.2. The van der Waals surface area contributed by atoms with Crippen molar-refractivity contribution in [3.8, 4) is 17.6 Å². The molecule has 0 radical (unpaired) electrons. The van der Waals surface area contributed by atoms with Gasteiger partial charge in [-0.1, -0.05) is 12.1 Å². The molecule has 138 valence electrons. The van der Waals surface area contributed by atoms with Crippen LogP contribution in [0, 0.1) is 11.3 Å². The van der Waals surface area contributed by atoms with Crippen molar-refractivity contribution in [2.75, 3.05) is 38.2 Å². The number of hydrogen-bond donors (Lipinski definition) is 1. The van der Waals surface area contributed by atoms with Gasteiger partial charge in [0.1, 0.15) is 23.1 Å². The van der Waals surface area contributed by atoms with Crippen LogP contribution >= 0.6 is 0 Å². The summed E-state index contributed by atoms with van der Waals surface area (Å²) in [5.41, 5.74) is 1.77. The summed E-state index contributed by atoms with van der Waals surface area (Å²) < 4.78 is 5.18. The Morgan fingerprint density at radius 1 is 1.15 bits per heavy atom. The number of phenols is 1. The van der Waals surface area contributed by atoms with Gasteiger partial charge in [0.2, 0.25) is 0 Å². The highest BCUT2D eigenvalue weighted by Crippen LogP contribution is 2.21. The normalized spacial score (nSPS) is 14.6. The maximum atomic E-state index is 12.7. The van der Waals surface area contributed by atoms with E-state index in [1.54, 1.807) is 30.2 Å². The van der Waals surface area contributed by atoms with Gasteiger partial charge in [0.15, 0.2) is 0 Å². The van der Waals surface area contributed by atoms with E-state index in [1.165, 1.54) is 12.1 Å². The molecule has 1 heterocycles. The van der Waals surface area contributed by atoms with Gasteiger partial charge in [-0.05, 0) is 48.0 Å². The zero-order valence-corrected chi connectivity index (χ0v) is 15.1. The molecule has 0 spiro atoms. The molecule has 3 rings (SSSR count). The first-order valence-electron chi connectivity index (χ1n) is 8.70. The third-order valence-electron chi connectivity index (χ3n) is 4.54. The van der Waals surface area contributed by atoms with Crippen molar-refractivity contribution in [1.82, 2.24) is 4.90 Å². The van der Waals surface area contributed by atoms with E-state index in [-0.39, 0.29) is 17.2 Å². The van der Waals surface area contributed by atoms with Gasteiger partial charge < -0.3 is 19.6 Å². The summed E-state index contributed by atoms with van der Waals surface area (Å²) in [5.74, 6) is 0.625. The van der Waals surface area contributed by atoms with E-state index in [1.807, 2.05) is 30.3 Å². The highest BCUT2D eigenvalue weighted by molar-refractivity contribution is 6.01. The topological polar surface area (TPSA) is 76.8 Å². The highest BCUT2D eigenvalue weighted by atomic mass is 16.5. The number of methoxy groups -OCH3 is 1. The highest BCUT2D eigenvalue weighted by Gasteiger charge is 2.23. The number of carbonyl (C=O) groups is 1. The van der Waals surface area contributed by atoms with Crippen LogP contribution in [0.5, 0.6) is 11.5 Å². The Morgan fingerprint density at radius 3 is 2.44 bits per heavy atom. The first-order valence-corrected chi connectivity index (χ1v) is 8.70. The van der Waals surface area contributed by atoms with Crippen LogP contribution in [0.15, 0.2) is 54.1 Å². The van der Waals surface area contributed by atoms with Crippen molar-refractivity contribution in [1.29, 1.82) is 5.26 Å². The molecule has 27 heavy (non-hydrogen) atoms. The van der Waals surface area contributed by atoms with Crippen molar-refractivity contribution < 1.29 is 14.6 Å². The number of amides is 1. The molecule has 0 bridgehead atoms. The molecule has 1 aliphatic heterocycles. The van der Waals surface area contributed by atoms with E-state index in [4.69, 9.17) is 4.74 Å². The molecular weight excluding hydrogens is 342 g/mol. The number of nitriles is 1. The van der Waals surface area contributed by atoms with Crippen LogP contribution in [0.1, 0.15) is 5.56 Å². The average Bonchev–Trinajstić information content (AvgIpc) is 2.72. The number of anilines is 1. The fourth-order valence-corrected chi connectivity index (χ4v) is 3.05. The number of hydrogen-bond acceptors (Lipinski definition) is 5. The van der Waals surface area contributed by atoms with Crippen LogP contribution < -0.4 is 9.64 Å². The summed E-state index contributed by atoms with van der Waals surface area (Å²) in [7, 11) is 1.64. The second-order valence-corrected chi connectivity index (χ2v) is 6.24. The first-order chi connectivity index (χ1) is 13.1. The molecule has 1 N–H and O–H groups in total. The number of phenolic OH excluding ortho intramolecular Hbond substituents is 1. The Kier molecular flexibility index (Phi) is 5.62. The number of ether oxygens (including phenoxy) is 1. The minimum absolute atomic E-state index is 0.0681. The lowest BCUT2D eigenvalue weighted by Crippen LogP contribution is -2.49. The van der Waals surface area contributed by atoms with E-state index >= 15 is 0 Å². The Balaban J connectivity index is 1.65. The summed E-state index contributed by atoms with van der Waals surface area (Å²) in [6.07, 6.45) is 1.51. The minimum atomic E-state index is -0.282. The maximum Gasteiger partial charge on any atom is 0.264 e. The van der Waals surface area contributed by atoms with Crippen molar-refractivity contribution >= 4 is 17.7 Å². The summed E-state index contributed by atoms with van der Waals surface area (Å²) in [6, 6.07) is 16.3. The van der Waals surface area contributed by atoms with Crippen molar-refractivity contribution in [3.05, 3.63) is 59.7 Å². The van der Waals surface area contributed by atoms with E-state index < -0.39 is 0 Å². The molecule has 1 fully saturated rings. The number of carbonyl (C=O) groups excluding carboxylic acids is 1. The summed E-state index contributed by atoms with van der Waals surface area (Å²) in [5, 5.41) is 18.9. The van der Waals surface area contributed by atoms with Crippen LogP contribution in [-0.4, -0.2) is 49.2 Å². The molecule has 0 unspecified atom stereocenters. The quantitative estimate of drug-likeness (QED) is 0.668. The molecule has 2 aromatic carbocycles. The number of nitrogens with zero attached hydrogens (tertiary/aromatic N) is 3. The molecule has 0 aromatic heterocycles. The van der Waals surface area contributed by atoms with Gasteiger partial charge in [0.05, 0.1) is 7.11 Å². The van der Waals surface area contributed by atoms with E-state index in [2.05, 4.69) is 4.90 Å². The molecule has 2 aromatic rings. The Morgan fingerprint density at radius 2 is 1.85 bits per heavy atom. The molecule has 0 atom stereocenters. The lowest BCUT2D eigenvalue weighted by Gasteiger charge is -2.36. The standard InChI is InChI=1S/C21H21N3O3/c1-27-20-7-5-18(6-8-20)23-9-11-24(12-10-23)21(26)17(15-22)13-16-3-2-4-19(25)14-16/h2-8,13-14,25H,9-12H2,1H3/b17-13+. The molecule has 0 saturated carbocycles. The number of rotatable bonds is 4. The van der Waals surface area contributed by atoms with Gasteiger partial charge in [-0.15, -0.1) is 0 Å². The van der Waals surface area contributed by atoms with Gasteiger partial charge >= 0.3 is 0 Å². The zero-order valence-electron chi connectivity index (χ0n) is 15.1. The van der Waals surface area contributed by atoms with Crippen LogP contribution in [0.25, 0.3) is 6.08 Å². The summed E-state index contributed by atoms with van der Waals surface area (Å²) >= 11 is 0. The Bertz CT molecular complexity index is 876. The van der Waals surface area contributed by atoms with Crippen LogP contribution in [0.3, 0.4) is 0 Å². The minimum Gasteiger partial charge on any atom is -0.508 e. The van der Waals surface area contributed by atoms with Crippen LogP contribution in [-0.2, 0) is 4.79 Å². The van der Waals surface area contributed by atoms with Gasteiger partial charge in [-0.3, -0.25) is 4.79 Å². The fraction of sp³-hybridized carbons (Fsp3) is 0.238. The monoisotopic (exact) mass is 363 g/mol. The summed E-state index contributed by atoms with van der Waals surface area (Å²) in [6.45, 7) is 2.49. The predicted molar refractivity (Wildman–Crippen MR) is 103 cm³/mol. The Labute approximate surface area is 158 Å². The lowest BCUT2D eigenvalue weighted by molar-refractivity contribution is -0.126. The number of benzene rings is 2. The summed E-state index contributed by atoms with van der Waals surface area (Å²) in [4.78, 5) is 16.6. The van der Waals surface area contributed by atoms with Crippen LogP contribution in [0.4, 0.5) is 5.69 Å². The molecule has 1 amide bonds. The van der Waals surface area contributed by atoms with Gasteiger partial charge in [0.25, 0.3) is 5.91 Å². The second-order valence-electron chi connectivity index (χ2n) is 6.24. The molecule has 1 aliphatic rings. The maximum absolute atomic E-state index is 12.7. The molecule has 1 saturated heterocycles. The van der Waals surface area contributed by atoms with Crippen molar-refractivity contribution in [3.63, 3.8) is 0 Å². The lowest BCUT2D eigenvalue weighted by atomic mass is 10.1. The van der Waals surface area contributed by atoms with Gasteiger partial charge in [-0.25, -0.2) is 0 Å². The largest absolute Gasteiger partial charge is 0.508 e. The SMILES string of the molecule is COc1ccc(N2CCN(C(=O)/C(C#N)=C/c3cccc(O)c3)CC2)cc1. The van der Waals surface area contributed by atoms with E-state index in [0.717, 1.165) is 11.4 Å². The van der Waals surface area contributed by atoms with E-state index in [0.29, 0.717) is 31.7 Å². The van der Waals surface area contributed by atoms with Gasteiger partial charge in [-0.2, -0.15) is 5.26 Å². The second kappa shape index (κ2) is 8.28. The van der Waals surface area contributed by atoms with Crippen LogP contribution in [0.2, 0.25) is 0 Å². The van der Waals surface area contributed by atoms with Gasteiger partial charge in [0, 0.05) is 31.9 Å². The van der Waals surface area contributed by atoms with Crippen molar-refractivity contribution in [2.45, 2.75) is 0 Å². The number of piperazine rings is 1. The predicted octanol–water partition coefficient (Wildman–Crippen LogP) is 2.66. The van der Waals surface area contributed by atoms with Crippen molar-refractivity contribution in [2.24, 2.45) is 0 Å². The molecule has 0 aliphatic carbocycles. The molecular formula is C21H21N3O3. The average molecular weight is 363 g/mol. The molecule has 6 nitrogen and oxygen atoms in total. The molecule has 6 heteroatoms. The Hall–Kier alpha value is -3.46. The van der Waals surface area contributed by atoms with E-state index in [9.17, 15) is 15.2 Å². The fourth-order valence-electron chi connectivity index (χ4n) is 3.05. The third kappa shape index (κ3) is 4.39. The number of aromatic hydroxyl groups is 1.